The number of aromatic nitrogens is 1. The summed E-state index contributed by atoms with van der Waals surface area (Å²) in [6.45, 7) is 1.87. The van der Waals surface area contributed by atoms with Gasteiger partial charge in [0.15, 0.2) is 0 Å². The van der Waals surface area contributed by atoms with Crippen LogP contribution in [0.5, 0.6) is 5.75 Å². The molecule has 0 fully saturated rings. The molecule has 1 atom stereocenters. The van der Waals surface area contributed by atoms with Crippen LogP contribution in [-0.4, -0.2) is 27.6 Å². The Hall–Kier alpha value is -3.19. The van der Waals surface area contributed by atoms with Crippen molar-refractivity contribution in [1.29, 1.82) is 0 Å². The summed E-state index contributed by atoms with van der Waals surface area (Å²) >= 11 is 1.70. The Balaban J connectivity index is 0.000000858. The standard InChI is InChI=1S/C23H24N2O2S.CH2O2/c1-15-2-5-19(23-24-10-11-28-23)14-21(15)25-22(27)9-4-16-3-6-18-13-20(26)8-7-17(18)12-16;2-1-3/h3,6-8,10-13,19,26H,2,4-5,9,14H2,1H3,(H,25,27);1H,(H,2,3). The number of amides is 1. The molecule has 1 amide bonds. The Kier molecular flexibility index (Phi) is 7.78. The van der Waals surface area contributed by atoms with Gasteiger partial charge >= 0.3 is 0 Å². The number of hydrogen-bond donors (Lipinski definition) is 3. The number of hydrogen-bond acceptors (Lipinski definition) is 5. The van der Waals surface area contributed by atoms with E-state index in [9.17, 15) is 9.90 Å². The van der Waals surface area contributed by atoms with E-state index in [1.54, 1.807) is 23.5 Å². The minimum absolute atomic E-state index is 0.0694. The number of carbonyl (C=O) groups is 2. The summed E-state index contributed by atoms with van der Waals surface area (Å²) in [5.74, 6) is 0.752. The topological polar surface area (TPSA) is 99.5 Å². The zero-order valence-electron chi connectivity index (χ0n) is 17.4. The van der Waals surface area contributed by atoms with E-state index in [0.717, 1.165) is 41.3 Å². The predicted molar refractivity (Wildman–Crippen MR) is 122 cm³/mol. The summed E-state index contributed by atoms with van der Waals surface area (Å²) in [4.78, 5) is 25.4. The van der Waals surface area contributed by atoms with Gasteiger partial charge in [-0.1, -0.05) is 29.8 Å². The molecule has 1 aromatic heterocycles. The van der Waals surface area contributed by atoms with Gasteiger partial charge in [0.05, 0.1) is 5.01 Å². The van der Waals surface area contributed by atoms with E-state index in [1.165, 1.54) is 10.6 Å². The van der Waals surface area contributed by atoms with Gasteiger partial charge in [0, 0.05) is 29.6 Å². The first-order valence-corrected chi connectivity index (χ1v) is 11.1. The van der Waals surface area contributed by atoms with E-state index >= 15 is 0 Å². The van der Waals surface area contributed by atoms with Gasteiger partial charge in [-0.2, -0.15) is 0 Å². The molecule has 1 heterocycles. The van der Waals surface area contributed by atoms with Crippen molar-refractivity contribution in [2.45, 2.75) is 44.9 Å². The van der Waals surface area contributed by atoms with E-state index in [0.29, 0.717) is 18.8 Å². The van der Waals surface area contributed by atoms with E-state index < -0.39 is 0 Å². The van der Waals surface area contributed by atoms with Crippen molar-refractivity contribution in [3.05, 3.63) is 69.8 Å². The SMILES string of the molecule is CC1=C(NC(=O)CCc2ccc3cc(O)ccc3c2)CC(c2nccs2)CC1.O=CO. The van der Waals surface area contributed by atoms with Crippen molar-refractivity contribution in [2.24, 2.45) is 0 Å². The van der Waals surface area contributed by atoms with Crippen LogP contribution in [0.25, 0.3) is 10.8 Å². The Morgan fingerprint density at radius 1 is 1.26 bits per heavy atom. The number of carboxylic acid groups (broad SMARTS) is 1. The number of nitrogens with one attached hydrogen (secondary N) is 1. The lowest BCUT2D eigenvalue weighted by molar-refractivity contribution is -0.123. The number of allylic oxidation sites excluding steroid dienone is 2. The summed E-state index contributed by atoms with van der Waals surface area (Å²) in [7, 11) is 0. The van der Waals surface area contributed by atoms with Gasteiger partial charge in [0.1, 0.15) is 5.75 Å². The summed E-state index contributed by atoms with van der Waals surface area (Å²) in [5, 5.41) is 24.9. The lowest BCUT2D eigenvalue weighted by Gasteiger charge is -2.25. The molecule has 1 aliphatic carbocycles. The Labute approximate surface area is 185 Å². The molecule has 0 aliphatic heterocycles. The largest absolute Gasteiger partial charge is 0.508 e. The summed E-state index contributed by atoms with van der Waals surface area (Å²) in [6, 6.07) is 11.5. The highest BCUT2D eigenvalue weighted by Crippen LogP contribution is 2.36. The maximum absolute atomic E-state index is 12.5. The van der Waals surface area contributed by atoms with Gasteiger partial charge in [-0.25, -0.2) is 4.98 Å². The van der Waals surface area contributed by atoms with E-state index in [4.69, 9.17) is 9.90 Å². The normalized spacial score (nSPS) is 15.8. The third-order valence-corrected chi connectivity index (χ3v) is 6.39. The zero-order chi connectivity index (χ0) is 22.2. The zero-order valence-corrected chi connectivity index (χ0v) is 18.2. The van der Waals surface area contributed by atoms with Crippen molar-refractivity contribution in [1.82, 2.24) is 10.3 Å². The number of aryl methyl sites for hydroxylation is 1. The number of carbonyl (C=O) groups excluding carboxylic acids is 1. The monoisotopic (exact) mass is 438 g/mol. The van der Waals surface area contributed by atoms with Gasteiger partial charge in [-0.3, -0.25) is 9.59 Å². The van der Waals surface area contributed by atoms with Gasteiger partial charge in [-0.05, 0) is 61.1 Å². The highest BCUT2D eigenvalue weighted by atomic mass is 32.1. The van der Waals surface area contributed by atoms with Crippen molar-refractivity contribution < 1.29 is 19.8 Å². The summed E-state index contributed by atoms with van der Waals surface area (Å²) < 4.78 is 0. The van der Waals surface area contributed by atoms with Crippen molar-refractivity contribution in [2.75, 3.05) is 0 Å². The number of phenols is 1. The van der Waals surface area contributed by atoms with Crippen molar-refractivity contribution >= 4 is 34.5 Å². The number of nitrogens with zero attached hydrogens (tertiary/aromatic N) is 1. The molecule has 3 aromatic rings. The van der Waals surface area contributed by atoms with Crippen LogP contribution in [0.4, 0.5) is 0 Å². The Bertz CT molecular complexity index is 1080. The molecule has 4 rings (SSSR count). The molecule has 2 aromatic carbocycles. The van der Waals surface area contributed by atoms with Crippen molar-refractivity contribution in [3.8, 4) is 5.75 Å². The molecule has 1 unspecified atom stereocenters. The molecule has 0 spiro atoms. The van der Waals surface area contributed by atoms with Gasteiger partial charge in [-0.15, -0.1) is 11.3 Å². The molecular weight excluding hydrogens is 412 g/mol. The maximum atomic E-state index is 12.5. The molecule has 0 bridgehead atoms. The minimum atomic E-state index is -0.250. The molecule has 7 heteroatoms. The third-order valence-electron chi connectivity index (χ3n) is 5.45. The third kappa shape index (κ3) is 6.15. The fourth-order valence-electron chi connectivity index (χ4n) is 3.80. The quantitative estimate of drug-likeness (QED) is 0.487. The molecule has 0 saturated carbocycles. The number of thiazole rings is 1. The van der Waals surface area contributed by atoms with Crippen LogP contribution in [0, 0.1) is 0 Å². The fraction of sp³-hybridized carbons (Fsp3) is 0.292. The van der Waals surface area contributed by atoms with Crippen molar-refractivity contribution in [3.63, 3.8) is 0 Å². The minimum Gasteiger partial charge on any atom is -0.508 e. The second-order valence-electron chi connectivity index (χ2n) is 7.59. The van der Waals surface area contributed by atoms with Gasteiger partial charge in [0.25, 0.3) is 6.47 Å². The van der Waals surface area contributed by atoms with Crippen LogP contribution in [0.2, 0.25) is 0 Å². The molecule has 3 N–H and O–H groups in total. The second-order valence-corrected chi connectivity index (χ2v) is 8.51. The van der Waals surface area contributed by atoms with Crippen LogP contribution in [0.15, 0.2) is 59.2 Å². The molecule has 0 radical (unpaired) electrons. The van der Waals surface area contributed by atoms with Crippen LogP contribution in [0.1, 0.15) is 49.1 Å². The Morgan fingerprint density at radius 3 is 2.74 bits per heavy atom. The highest BCUT2D eigenvalue weighted by molar-refractivity contribution is 7.09. The van der Waals surface area contributed by atoms with E-state index in [1.807, 2.05) is 29.8 Å². The number of fused-ring (bicyclic) bond motifs is 1. The van der Waals surface area contributed by atoms with Crippen LogP contribution in [0.3, 0.4) is 0 Å². The first kappa shape index (κ1) is 22.5. The van der Waals surface area contributed by atoms with Gasteiger partial charge < -0.3 is 15.5 Å². The van der Waals surface area contributed by atoms with Crippen LogP contribution in [-0.2, 0) is 16.0 Å². The fourth-order valence-corrected chi connectivity index (χ4v) is 4.57. The molecule has 0 saturated heterocycles. The Morgan fingerprint density at radius 2 is 2.00 bits per heavy atom. The van der Waals surface area contributed by atoms with Crippen LogP contribution >= 0.6 is 11.3 Å². The summed E-state index contributed by atoms with van der Waals surface area (Å²) in [6.07, 6.45) is 5.99. The first-order valence-electron chi connectivity index (χ1n) is 10.2. The second kappa shape index (κ2) is 10.7. The maximum Gasteiger partial charge on any atom is 0.290 e. The summed E-state index contributed by atoms with van der Waals surface area (Å²) in [5.41, 5.74) is 3.49. The molecular formula is C24H26N2O4S. The first-order chi connectivity index (χ1) is 15.0. The lowest BCUT2D eigenvalue weighted by atomic mass is 9.88. The van der Waals surface area contributed by atoms with Crippen LogP contribution < -0.4 is 5.32 Å². The van der Waals surface area contributed by atoms with E-state index in [-0.39, 0.29) is 18.1 Å². The number of phenolic OH excluding ortho intramolecular Hbond substituents is 1. The highest BCUT2D eigenvalue weighted by Gasteiger charge is 2.23. The molecule has 31 heavy (non-hydrogen) atoms. The number of aromatic hydroxyl groups is 1. The average Bonchev–Trinajstić information content (AvgIpc) is 3.29. The predicted octanol–water partition coefficient (Wildman–Crippen LogP) is 4.99. The number of rotatable bonds is 5. The number of benzene rings is 2. The molecule has 6 nitrogen and oxygen atoms in total. The molecule has 1 aliphatic rings. The average molecular weight is 439 g/mol. The van der Waals surface area contributed by atoms with Gasteiger partial charge in [0.2, 0.25) is 5.91 Å². The smallest absolute Gasteiger partial charge is 0.290 e. The van der Waals surface area contributed by atoms with E-state index in [2.05, 4.69) is 23.3 Å². The molecule has 162 valence electrons. The lowest BCUT2D eigenvalue weighted by Crippen LogP contribution is -2.27.